The van der Waals surface area contributed by atoms with Gasteiger partial charge in [0.05, 0.1) is 31.0 Å². The Labute approximate surface area is 172 Å². The first-order valence-corrected chi connectivity index (χ1v) is 10.8. The second-order valence-electron chi connectivity index (χ2n) is 8.13. The van der Waals surface area contributed by atoms with Gasteiger partial charge in [-0.25, -0.2) is 4.79 Å². The van der Waals surface area contributed by atoms with E-state index in [1.165, 1.54) is 12.0 Å². The number of carbonyl (C=O) groups excluding carboxylic acids is 1. The predicted octanol–water partition coefficient (Wildman–Crippen LogP) is 3.27. The van der Waals surface area contributed by atoms with E-state index in [2.05, 4.69) is 33.8 Å². The molecule has 1 unspecified atom stereocenters. The Morgan fingerprint density at radius 1 is 1.28 bits per heavy atom. The van der Waals surface area contributed by atoms with Gasteiger partial charge in [-0.05, 0) is 44.7 Å². The summed E-state index contributed by atoms with van der Waals surface area (Å²) >= 11 is 0. The number of hydrogen-bond donors (Lipinski definition) is 0. The summed E-state index contributed by atoms with van der Waals surface area (Å²) in [6.45, 7) is 11.0. The van der Waals surface area contributed by atoms with E-state index >= 15 is 0 Å². The molecule has 1 aromatic carbocycles. The Kier molecular flexibility index (Phi) is 6.31. The average molecular weight is 398 g/mol. The Hall–Kier alpha value is -2.18. The summed E-state index contributed by atoms with van der Waals surface area (Å²) in [6, 6.07) is 6.25. The molecule has 2 aromatic rings. The highest BCUT2D eigenvalue weighted by Gasteiger charge is 2.28. The van der Waals surface area contributed by atoms with Gasteiger partial charge in [-0.1, -0.05) is 11.6 Å². The first kappa shape index (κ1) is 20.1. The van der Waals surface area contributed by atoms with Gasteiger partial charge in [0.1, 0.15) is 5.56 Å². The molecule has 2 saturated heterocycles. The Balaban J connectivity index is 1.65. The number of carbonyl (C=O) groups is 1. The minimum absolute atomic E-state index is 0.284. The zero-order valence-electron chi connectivity index (χ0n) is 17.5. The molecule has 3 heterocycles. The summed E-state index contributed by atoms with van der Waals surface area (Å²) in [5, 5.41) is 1.04. The Bertz CT molecular complexity index is 864. The second-order valence-corrected chi connectivity index (χ2v) is 8.13. The van der Waals surface area contributed by atoms with Crippen LogP contribution in [0.25, 0.3) is 10.9 Å². The van der Waals surface area contributed by atoms with Crippen LogP contribution in [0.1, 0.15) is 35.7 Å². The zero-order valence-corrected chi connectivity index (χ0v) is 17.5. The molecule has 0 aliphatic carbocycles. The van der Waals surface area contributed by atoms with Crippen LogP contribution in [-0.4, -0.2) is 68.4 Å². The van der Waals surface area contributed by atoms with Crippen LogP contribution in [0, 0.1) is 12.8 Å². The number of morpholine rings is 1. The van der Waals surface area contributed by atoms with Crippen LogP contribution >= 0.6 is 0 Å². The van der Waals surface area contributed by atoms with E-state index in [-0.39, 0.29) is 5.97 Å². The minimum Gasteiger partial charge on any atom is -0.462 e. The number of esters is 1. The second kappa shape index (κ2) is 9.09. The molecule has 0 amide bonds. The fourth-order valence-corrected chi connectivity index (χ4v) is 4.56. The number of rotatable bonds is 5. The van der Waals surface area contributed by atoms with Crippen molar-refractivity contribution in [3.8, 4) is 0 Å². The van der Waals surface area contributed by atoms with Crippen molar-refractivity contribution in [3.63, 3.8) is 0 Å². The summed E-state index contributed by atoms with van der Waals surface area (Å²) in [6.07, 6.45) is 4.05. The molecule has 2 aliphatic rings. The number of ether oxygens (including phenoxy) is 2. The summed E-state index contributed by atoms with van der Waals surface area (Å²) in [5.41, 5.74) is 3.66. The minimum atomic E-state index is -0.284. The monoisotopic (exact) mass is 397 g/mol. The molecular weight excluding hydrogens is 366 g/mol. The molecule has 1 atom stereocenters. The number of anilines is 1. The molecule has 6 heteroatoms. The van der Waals surface area contributed by atoms with Crippen molar-refractivity contribution in [2.24, 2.45) is 5.92 Å². The van der Waals surface area contributed by atoms with Crippen LogP contribution in [0.3, 0.4) is 0 Å². The third-order valence-corrected chi connectivity index (χ3v) is 5.95. The number of hydrogen-bond acceptors (Lipinski definition) is 6. The third-order valence-electron chi connectivity index (χ3n) is 5.95. The van der Waals surface area contributed by atoms with Gasteiger partial charge in [0, 0.05) is 44.3 Å². The highest BCUT2D eigenvalue weighted by Crippen LogP contribution is 2.34. The van der Waals surface area contributed by atoms with Crippen LogP contribution in [0.5, 0.6) is 0 Å². The van der Waals surface area contributed by atoms with Gasteiger partial charge in [-0.2, -0.15) is 0 Å². The van der Waals surface area contributed by atoms with Gasteiger partial charge in [-0.15, -0.1) is 0 Å². The largest absolute Gasteiger partial charge is 0.462 e. The van der Waals surface area contributed by atoms with Crippen molar-refractivity contribution in [2.75, 3.05) is 57.4 Å². The topological polar surface area (TPSA) is 54.9 Å². The molecule has 0 saturated carbocycles. The number of aromatic nitrogens is 1. The van der Waals surface area contributed by atoms with E-state index in [4.69, 9.17) is 9.47 Å². The van der Waals surface area contributed by atoms with Crippen LogP contribution < -0.4 is 4.90 Å². The molecule has 156 valence electrons. The fourth-order valence-electron chi connectivity index (χ4n) is 4.56. The normalized spacial score (nSPS) is 20.8. The number of nitrogens with zero attached hydrogens (tertiary/aromatic N) is 3. The van der Waals surface area contributed by atoms with Gasteiger partial charge in [0.15, 0.2) is 0 Å². The molecule has 0 radical (unpaired) electrons. The SMILES string of the molecule is CCOC(=O)c1cnc2ccc(C)cc2c1N1CCCC(CN2CCOCC2)C1. The van der Waals surface area contributed by atoms with Crippen molar-refractivity contribution in [1.82, 2.24) is 9.88 Å². The third kappa shape index (κ3) is 4.54. The van der Waals surface area contributed by atoms with Crippen molar-refractivity contribution in [2.45, 2.75) is 26.7 Å². The lowest BCUT2D eigenvalue weighted by Gasteiger charge is -2.38. The van der Waals surface area contributed by atoms with E-state index < -0.39 is 0 Å². The molecular formula is C23H31N3O3. The highest BCUT2D eigenvalue weighted by molar-refractivity contribution is 6.05. The van der Waals surface area contributed by atoms with Gasteiger partial charge in [-0.3, -0.25) is 9.88 Å². The first-order chi connectivity index (χ1) is 14.2. The highest BCUT2D eigenvalue weighted by atomic mass is 16.5. The number of aryl methyl sites for hydroxylation is 1. The van der Waals surface area contributed by atoms with Gasteiger partial charge >= 0.3 is 5.97 Å². The Morgan fingerprint density at radius 3 is 2.90 bits per heavy atom. The fraction of sp³-hybridized carbons (Fsp3) is 0.565. The van der Waals surface area contributed by atoms with E-state index in [1.807, 2.05) is 13.0 Å². The van der Waals surface area contributed by atoms with Crippen LogP contribution in [0.2, 0.25) is 0 Å². The van der Waals surface area contributed by atoms with E-state index in [0.717, 1.165) is 68.9 Å². The zero-order chi connectivity index (χ0) is 20.2. The van der Waals surface area contributed by atoms with E-state index in [9.17, 15) is 4.79 Å². The molecule has 0 spiro atoms. The maximum absolute atomic E-state index is 12.7. The molecule has 4 rings (SSSR count). The first-order valence-electron chi connectivity index (χ1n) is 10.8. The number of piperidine rings is 1. The van der Waals surface area contributed by atoms with E-state index in [0.29, 0.717) is 18.1 Å². The molecule has 1 aromatic heterocycles. The lowest BCUT2D eigenvalue weighted by molar-refractivity contribution is 0.0296. The molecule has 29 heavy (non-hydrogen) atoms. The van der Waals surface area contributed by atoms with Crippen molar-refractivity contribution < 1.29 is 14.3 Å². The van der Waals surface area contributed by atoms with E-state index in [1.54, 1.807) is 6.20 Å². The maximum atomic E-state index is 12.7. The number of fused-ring (bicyclic) bond motifs is 1. The van der Waals surface area contributed by atoms with Crippen molar-refractivity contribution in [3.05, 3.63) is 35.5 Å². The van der Waals surface area contributed by atoms with Gasteiger partial charge in [0.25, 0.3) is 0 Å². The van der Waals surface area contributed by atoms with Crippen molar-refractivity contribution >= 4 is 22.6 Å². The summed E-state index contributed by atoms with van der Waals surface area (Å²) in [5.74, 6) is 0.304. The van der Waals surface area contributed by atoms with Gasteiger partial charge in [0.2, 0.25) is 0 Å². The summed E-state index contributed by atoms with van der Waals surface area (Å²) in [7, 11) is 0. The molecule has 2 fully saturated rings. The smallest absolute Gasteiger partial charge is 0.341 e. The lowest BCUT2D eigenvalue weighted by atomic mass is 9.95. The number of benzene rings is 1. The molecule has 6 nitrogen and oxygen atoms in total. The molecule has 0 bridgehead atoms. The average Bonchev–Trinajstić information content (AvgIpc) is 2.74. The predicted molar refractivity (Wildman–Crippen MR) is 115 cm³/mol. The quantitative estimate of drug-likeness (QED) is 0.722. The van der Waals surface area contributed by atoms with Gasteiger partial charge < -0.3 is 14.4 Å². The Morgan fingerprint density at radius 2 is 2.10 bits per heavy atom. The molecule has 2 aliphatic heterocycles. The summed E-state index contributed by atoms with van der Waals surface area (Å²) < 4.78 is 10.9. The maximum Gasteiger partial charge on any atom is 0.341 e. The van der Waals surface area contributed by atoms with Crippen LogP contribution in [0.15, 0.2) is 24.4 Å². The standard InChI is InChI=1S/C23H31N3O3/c1-3-29-23(27)20-14-24-21-7-6-17(2)13-19(21)22(20)26-8-4-5-18(16-26)15-25-9-11-28-12-10-25/h6-7,13-14,18H,3-5,8-12,15-16H2,1-2H3. The van der Waals surface area contributed by atoms with Crippen LogP contribution in [-0.2, 0) is 9.47 Å². The summed E-state index contributed by atoms with van der Waals surface area (Å²) in [4.78, 5) is 22.2. The lowest BCUT2D eigenvalue weighted by Crippen LogP contribution is -2.45. The van der Waals surface area contributed by atoms with Crippen LogP contribution in [0.4, 0.5) is 5.69 Å². The molecule has 0 N–H and O–H groups in total. The van der Waals surface area contributed by atoms with Crippen molar-refractivity contribution in [1.29, 1.82) is 0 Å². The number of pyridine rings is 1.